The molecule has 30 heavy (non-hydrogen) atoms. The van der Waals surface area contributed by atoms with Crippen LogP contribution in [-0.2, 0) is 4.79 Å². The highest BCUT2D eigenvalue weighted by molar-refractivity contribution is 8.00. The van der Waals surface area contributed by atoms with E-state index in [0.717, 1.165) is 10.5 Å². The molecule has 3 rings (SSSR count). The van der Waals surface area contributed by atoms with Gasteiger partial charge in [-0.1, -0.05) is 48.5 Å². The number of nitrogens with zero attached hydrogens (tertiary/aromatic N) is 1. The number of carbonyl (C=O) groups excluding carboxylic acids is 2. The average Bonchev–Trinajstić information content (AvgIpc) is 2.80. The monoisotopic (exact) mass is 418 g/mol. The van der Waals surface area contributed by atoms with Crippen LogP contribution in [0.25, 0.3) is 0 Å². The van der Waals surface area contributed by atoms with Gasteiger partial charge in [-0.15, -0.1) is 11.8 Å². The summed E-state index contributed by atoms with van der Waals surface area (Å²) < 4.78 is 0. The van der Waals surface area contributed by atoms with Crippen molar-refractivity contribution in [3.63, 3.8) is 0 Å². The van der Waals surface area contributed by atoms with Gasteiger partial charge in [-0.25, -0.2) is 0 Å². The fourth-order valence-electron chi connectivity index (χ4n) is 3.13. The molecule has 0 saturated carbocycles. The van der Waals surface area contributed by atoms with Gasteiger partial charge >= 0.3 is 0 Å². The largest absolute Gasteiger partial charge is 0.339 e. The molecule has 3 aromatic carbocycles. The zero-order valence-corrected chi connectivity index (χ0v) is 18.1. The molecule has 0 aromatic heterocycles. The lowest BCUT2D eigenvalue weighted by Gasteiger charge is -2.19. The molecule has 0 aliphatic rings. The number of thioether (sulfide) groups is 1. The van der Waals surface area contributed by atoms with Crippen LogP contribution in [0.3, 0.4) is 0 Å². The van der Waals surface area contributed by atoms with Gasteiger partial charge in [0.05, 0.1) is 0 Å². The fourth-order valence-corrected chi connectivity index (χ4v) is 4.18. The van der Waals surface area contributed by atoms with E-state index in [1.165, 1.54) is 11.8 Å². The summed E-state index contributed by atoms with van der Waals surface area (Å²) in [7, 11) is 0. The summed E-state index contributed by atoms with van der Waals surface area (Å²) in [5.41, 5.74) is 2.23. The summed E-state index contributed by atoms with van der Waals surface area (Å²) in [6.07, 6.45) is 0. The van der Waals surface area contributed by atoms with Gasteiger partial charge in [0, 0.05) is 29.2 Å². The van der Waals surface area contributed by atoms with E-state index in [-0.39, 0.29) is 17.1 Å². The minimum absolute atomic E-state index is 0.000304. The highest BCUT2D eigenvalue weighted by atomic mass is 32.2. The van der Waals surface area contributed by atoms with E-state index < -0.39 is 0 Å². The molecule has 0 radical (unpaired) electrons. The first kappa shape index (κ1) is 21.7. The molecule has 154 valence electrons. The molecule has 0 aliphatic carbocycles. The SMILES string of the molecule is CCN(CC)C(=O)c1ccc(NC(=O)C(Sc2ccccc2)c2ccccc2)cc1. The first-order valence-electron chi connectivity index (χ1n) is 10.1. The first-order chi connectivity index (χ1) is 14.6. The summed E-state index contributed by atoms with van der Waals surface area (Å²) in [6.45, 7) is 5.26. The Hall–Kier alpha value is -3.05. The molecule has 0 heterocycles. The molecule has 5 heteroatoms. The standard InChI is InChI=1S/C25H26N2O2S/c1-3-27(4-2)25(29)20-15-17-21(18-16-20)26-24(28)23(19-11-7-5-8-12-19)30-22-13-9-6-10-14-22/h5-18,23H,3-4H2,1-2H3,(H,26,28). The number of rotatable bonds is 8. The Kier molecular flexibility index (Phi) is 7.69. The highest BCUT2D eigenvalue weighted by Gasteiger charge is 2.22. The Balaban J connectivity index is 1.76. The van der Waals surface area contributed by atoms with Gasteiger partial charge in [-0.2, -0.15) is 0 Å². The molecular formula is C25H26N2O2S. The molecule has 2 amide bonds. The maximum Gasteiger partial charge on any atom is 0.253 e. The van der Waals surface area contributed by atoms with Crippen molar-refractivity contribution in [3.05, 3.63) is 96.1 Å². The number of amides is 2. The van der Waals surface area contributed by atoms with Crippen LogP contribution in [0.2, 0.25) is 0 Å². The zero-order valence-electron chi connectivity index (χ0n) is 17.2. The lowest BCUT2D eigenvalue weighted by atomic mass is 10.1. The second-order valence-electron chi connectivity index (χ2n) is 6.77. The van der Waals surface area contributed by atoms with E-state index in [4.69, 9.17) is 0 Å². The Morgan fingerprint density at radius 2 is 1.40 bits per heavy atom. The third-order valence-electron chi connectivity index (χ3n) is 4.79. The fraction of sp³-hybridized carbons (Fsp3) is 0.200. The second kappa shape index (κ2) is 10.6. The molecular weight excluding hydrogens is 392 g/mol. The van der Waals surface area contributed by atoms with Gasteiger partial charge < -0.3 is 10.2 Å². The van der Waals surface area contributed by atoms with Crippen molar-refractivity contribution in [3.8, 4) is 0 Å². The maximum atomic E-state index is 13.1. The molecule has 4 nitrogen and oxygen atoms in total. The quantitative estimate of drug-likeness (QED) is 0.482. The molecule has 0 fully saturated rings. The Labute approximate surface area is 182 Å². The van der Waals surface area contributed by atoms with Crippen LogP contribution in [0.15, 0.2) is 89.8 Å². The summed E-state index contributed by atoms with van der Waals surface area (Å²) in [6, 6.07) is 26.7. The minimum atomic E-state index is -0.384. The van der Waals surface area contributed by atoms with Crippen LogP contribution in [0, 0.1) is 0 Å². The van der Waals surface area contributed by atoms with Gasteiger partial charge in [-0.05, 0) is 55.8 Å². The summed E-state index contributed by atoms with van der Waals surface area (Å²) in [4.78, 5) is 28.4. The number of benzene rings is 3. The maximum absolute atomic E-state index is 13.1. The van der Waals surface area contributed by atoms with Crippen molar-refractivity contribution in [2.75, 3.05) is 18.4 Å². The molecule has 1 unspecified atom stereocenters. The first-order valence-corrected chi connectivity index (χ1v) is 11.0. The number of anilines is 1. The Morgan fingerprint density at radius 3 is 1.97 bits per heavy atom. The van der Waals surface area contributed by atoms with Crippen LogP contribution in [-0.4, -0.2) is 29.8 Å². The molecule has 0 bridgehead atoms. The van der Waals surface area contributed by atoms with Gasteiger partial charge in [0.25, 0.3) is 5.91 Å². The molecule has 0 aliphatic heterocycles. The van der Waals surface area contributed by atoms with E-state index in [9.17, 15) is 9.59 Å². The van der Waals surface area contributed by atoms with Crippen LogP contribution in [0.4, 0.5) is 5.69 Å². The smallest absolute Gasteiger partial charge is 0.253 e. The predicted octanol–water partition coefficient (Wildman–Crippen LogP) is 5.64. The third kappa shape index (κ3) is 5.51. The summed E-state index contributed by atoms with van der Waals surface area (Å²) in [5.74, 6) is -0.0995. The lowest BCUT2D eigenvalue weighted by molar-refractivity contribution is -0.115. The minimum Gasteiger partial charge on any atom is -0.339 e. The number of hydrogen-bond acceptors (Lipinski definition) is 3. The van der Waals surface area contributed by atoms with E-state index in [1.54, 1.807) is 29.2 Å². The van der Waals surface area contributed by atoms with Crippen molar-refractivity contribution in [1.29, 1.82) is 0 Å². The van der Waals surface area contributed by atoms with Crippen LogP contribution in [0.5, 0.6) is 0 Å². The summed E-state index contributed by atoms with van der Waals surface area (Å²) in [5, 5.41) is 2.62. The van der Waals surface area contributed by atoms with Crippen LogP contribution in [0.1, 0.15) is 35.0 Å². The van der Waals surface area contributed by atoms with Crippen molar-refractivity contribution < 1.29 is 9.59 Å². The van der Waals surface area contributed by atoms with E-state index in [0.29, 0.717) is 24.3 Å². The van der Waals surface area contributed by atoms with E-state index in [1.807, 2.05) is 74.5 Å². The van der Waals surface area contributed by atoms with E-state index in [2.05, 4.69) is 5.32 Å². The van der Waals surface area contributed by atoms with Crippen molar-refractivity contribution in [2.45, 2.75) is 24.0 Å². The van der Waals surface area contributed by atoms with Crippen molar-refractivity contribution in [2.24, 2.45) is 0 Å². The molecule has 0 spiro atoms. The molecule has 3 aromatic rings. The molecule has 1 atom stereocenters. The van der Waals surface area contributed by atoms with Gasteiger partial charge in [0.2, 0.25) is 5.91 Å². The molecule has 0 saturated heterocycles. The number of nitrogens with one attached hydrogen (secondary N) is 1. The zero-order chi connectivity index (χ0) is 21.3. The van der Waals surface area contributed by atoms with Gasteiger partial charge in [-0.3, -0.25) is 9.59 Å². The summed E-state index contributed by atoms with van der Waals surface area (Å²) >= 11 is 1.51. The van der Waals surface area contributed by atoms with Gasteiger partial charge in [0.15, 0.2) is 0 Å². The van der Waals surface area contributed by atoms with Crippen LogP contribution >= 0.6 is 11.8 Å². The number of hydrogen-bond donors (Lipinski definition) is 1. The topological polar surface area (TPSA) is 49.4 Å². The predicted molar refractivity (Wildman–Crippen MR) is 124 cm³/mol. The Morgan fingerprint density at radius 1 is 0.833 bits per heavy atom. The van der Waals surface area contributed by atoms with E-state index >= 15 is 0 Å². The normalized spacial score (nSPS) is 11.5. The van der Waals surface area contributed by atoms with Crippen LogP contribution < -0.4 is 5.32 Å². The van der Waals surface area contributed by atoms with Crippen molar-refractivity contribution >= 4 is 29.3 Å². The highest BCUT2D eigenvalue weighted by Crippen LogP contribution is 2.36. The second-order valence-corrected chi connectivity index (χ2v) is 7.94. The average molecular weight is 419 g/mol. The number of carbonyl (C=O) groups is 2. The molecule has 1 N–H and O–H groups in total. The van der Waals surface area contributed by atoms with Crippen molar-refractivity contribution in [1.82, 2.24) is 4.90 Å². The lowest BCUT2D eigenvalue weighted by Crippen LogP contribution is -2.30. The third-order valence-corrected chi connectivity index (χ3v) is 6.05. The van der Waals surface area contributed by atoms with Gasteiger partial charge in [0.1, 0.15) is 5.25 Å². The Bertz CT molecular complexity index is 955.